The first-order valence-electron chi connectivity index (χ1n) is 9.51. The molecule has 2 rings (SSSR count). The van der Waals surface area contributed by atoms with Crippen molar-refractivity contribution in [2.75, 3.05) is 20.3 Å². The number of nitrogens with one attached hydrogen (secondary N) is 1. The molecule has 1 N–H and O–H groups in total. The predicted molar refractivity (Wildman–Crippen MR) is 113 cm³/mol. The van der Waals surface area contributed by atoms with Crippen LogP contribution in [0.2, 0.25) is 0 Å². The summed E-state index contributed by atoms with van der Waals surface area (Å²) in [6.07, 6.45) is 2.16. The van der Waals surface area contributed by atoms with E-state index in [1.54, 1.807) is 42.5 Å². The Kier molecular flexibility index (Phi) is 9.03. The Hall–Kier alpha value is -3.88. The lowest BCUT2D eigenvalue weighted by Crippen LogP contribution is -2.24. The number of hydrazone groups is 1. The lowest BCUT2D eigenvalue weighted by Gasteiger charge is -2.08. The fraction of sp³-hybridized carbons (Fsp3) is 0.273. The number of nitrogens with zero attached hydrogens (tertiary/aromatic N) is 1. The Morgan fingerprint density at radius 1 is 1.06 bits per heavy atom. The van der Waals surface area contributed by atoms with Crippen molar-refractivity contribution < 1.29 is 33.3 Å². The lowest BCUT2D eigenvalue weighted by molar-refractivity contribution is -0.132. The minimum Gasteiger partial charge on any atom is -0.493 e. The molecule has 0 atom stereocenters. The molecule has 0 bridgehead atoms. The second-order valence-corrected chi connectivity index (χ2v) is 6.25. The molecule has 0 aliphatic carbocycles. The van der Waals surface area contributed by atoms with Gasteiger partial charge in [0.2, 0.25) is 0 Å². The smallest absolute Gasteiger partial charge is 0.338 e. The third-order valence-electron chi connectivity index (χ3n) is 3.74. The van der Waals surface area contributed by atoms with E-state index in [1.165, 1.54) is 20.2 Å². The molecular weight excluding hydrogens is 404 g/mol. The van der Waals surface area contributed by atoms with Gasteiger partial charge >= 0.3 is 11.9 Å². The maximum atomic E-state index is 11.9. The lowest BCUT2D eigenvalue weighted by atomic mass is 10.2. The van der Waals surface area contributed by atoms with Crippen molar-refractivity contribution in [2.24, 2.45) is 5.10 Å². The summed E-state index contributed by atoms with van der Waals surface area (Å²) >= 11 is 0. The average Bonchev–Trinajstić information content (AvgIpc) is 2.77. The van der Waals surface area contributed by atoms with Gasteiger partial charge in [0.15, 0.2) is 18.1 Å². The zero-order chi connectivity index (χ0) is 22.6. The molecular formula is C22H24N2O7. The normalized spacial score (nSPS) is 10.4. The van der Waals surface area contributed by atoms with Crippen LogP contribution in [0.1, 0.15) is 36.2 Å². The molecule has 0 aromatic heterocycles. The molecule has 0 unspecified atom stereocenters. The Morgan fingerprint density at radius 2 is 1.81 bits per heavy atom. The molecule has 9 nitrogen and oxygen atoms in total. The Morgan fingerprint density at radius 3 is 2.45 bits per heavy atom. The molecule has 164 valence electrons. The summed E-state index contributed by atoms with van der Waals surface area (Å²) in [5, 5.41) is 3.86. The highest BCUT2D eigenvalue weighted by atomic mass is 16.6. The minimum absolute atomic E-state index is 0.258. The highest BCUT2D eigenvalue weighted by molar-refractivity contribution is 5.89. The molecule has 0 spiro atoms. The standard InChI is InChI=1S/C22H24N2O7/c1-4-11-29-22(27)17-6-8-18(9-7-17)30-14-21(26)24-23-13-16-5-10-19(31-15(2)25)20(12-16)28-3/h5-10,12-13H,4,11,14H2,1-3H3,(H,24,26)/b23-13+. The van der Waals surface area contributed by atoms with E-state index in [4.69, 9.17) is 18.9 Å². The second kappa shape index (κ2) is 12.0. The summed E-state index contributed by atoms with van der Waals surface area (Å²) < 4.78 is 20.6. The van der Waals surface area contributed by atoms with Crippen LogP contribution in [0.25, 0.3) is 0 Å². The van der Waals surface area contributed by atoms with Gasteiger partial charge in [-0.25, -0.2) is 10.2 Å². The van der Waals surface area contributed by atoms with Crippen molar-refractivity contribution in [3.05, 3.63) is 53.6 Å². The van der Waals surface area contributed by atoms with Crippen LogP contribution < -0.4 is 19.6 Å². The summed E-state index contributed by atoms with van der Waals surface area (Å²) in [7, 11) is 1.45. The minimum atomic E-state index is -0.466. The van der Waals surface area contributed by atoms with Crippen LogP contribution in [-0.4, -0.2) is 44.4 Å². The van der Waals surface area contributed by atoms with Gasteiger partial charge in [-0.05, 0) is 54.4 Å². The molecule has 2 aromatic carbocycles. The fourth-order valence-corrected chi connectivity index (χ4v) is 2.33. The van der Waals surface area contributed by atoms with Crippen LogP contribution in [0.15, 0.2) is 47.6 Å². The highest BCUT2D eigenvalue weighted by Gasteiger charge is 2.09. The molecule has 0 heterocycles. The van der Waals surface area contributed by atoms with Crippen molar-refractivity contribution in [2.45, 2.75) is 20.3 Å². The monoisotopic (exact) mass is 428 g/mol. The summed E-state index contributed by atoms with van der Waals surface area (Å²) in [6, 6.07) is 11.1. The van der Waals surface area contributed by atoms with E-state index in [-0.39, 0.29) is 12.4 Å². The molecule has 0 saturated heterocycles. The molecule has 9 heteroatoms. The van der Waals surface area contributed by atoms with E-state index in [0.717, 1.165) is 6.42 Å². The number of benzene rings is 2. The summed E-state index contributed by atoms with van der Waals surface area (Å²) in [6.45, 7) is 3.31. The Labute approximate surface area is 179 Å². The molecule has 0 aliphatic heterocycles. The van der Waals surface area contributed by atoms with Crippen LogP contribution >= 0.6 is 0 Å². The van der Waals surface area contributed by atoms with Crippen LogP contribution in [0.3, 0.4) is 0 Å². The zero-order valence-corrected chi connectivity index (χ0v) is 17.5. The van der Waals surface area contributed by atoms with E-state index in [1.807, 2.05) is 6.92 Å². The third kappa shape index (κ3) is 7.81. The van der Waals surface area contributed by atoms with Crippen molar-refractivity contribution in [3.63, 3.8) is 0 Å². The SMILES string of the molecule is CCCOC(=O)c1ccc(OCC(=O)N/N=C/c2ccc(OC(C)=O)c(OC)c2)cc1. The van der Waals surface area contributed by atoms with Gasteiger partial charge in [0, 0.05) is 6.92 Å². The number of ether oxygens (including phenoxy) is 4. The fourth-order valence-electron chi connectivity index (χ4n) is 2.33. The molecule has 31 heavy (non-hydrogen) atoms. The molecule has 0 fully saturated rings. The topological polar surface area (TPSA) is 113 Å². The van der Waals surface area contributed by atoms with Gasteiger partial charge in [-0.2, -0.15) is 5.10 Å². The van der Waals surface area contributed by atoms with Gasteiger partial charge in [-0.1, -0.05) is 6.92 Å². The summed E-state index contributed by atoms with van der Waals surface area (Å²) in [5.74, 6) is -0.260. The molecule has 0 aliphatic rings. The van der Waals surface area contributed by atoms with E-state index in [0.29, 0.717) is 29.2 Å². The number of amides is 1. The molecule has 1 amide bonds. The maximum Gasteiger partial charge on any atom is 0.338 e. The predicted octanol–water partition coefficient (Wildman–Crippen LogP) is 2.72. The van der Waals surface area contributed by atoms with Crippen molar-refractivity contribution in [3.8, 4) is 17.2 Å². The van der Waals surface area contributed by atoms with Gasteiger partial charge in [0.05, 0.1) is 25.5 Å². The number of carbonyl (C=O) groups is 3. The van der Waals surface area contributed by atoms with Gasteiger partial charge in [0.25, 0.3) is 5.91 Å². The molecule has 2 aromatic rings. The zero-order valence-electron chi connectivity index (χ0n) is 17.5. The van der Waals surface area contributed by atoms with E-state index in [9.17, 15) is 14.4 Å². The van der Waals surface area contributed by atoms with Gasteiger partial charge in [-0.15, -0.1) is 0 Å². The van der Waals surface area contributed by atoms with Crippen molar-refractivity contribution in [1.29, 1.82) is 0 Å². The third-order valence-corrected chi connectivity index (χ3v) is 3.74. The van der Waals surface area contributed by atoms with Gasteiger partial charge < -0.3 is 18.9 Å². The van der Waals surface area contributed by atoms with Crippen LogP contribution in [0, 0.1) is 0 Å². The second-order valence-electron chi connectivity index (χ2n) is 6.25. The highest BCUT2D eigenvalue weighted by Crippen LogP contribution is 2.27. The number of hydrogen-bond donors (Lipinski definition) is 1. The number of methoxy groups -OCH3 is 1. The number of carbonyl (C=O) groups excluding carboxylic acids is 3. The van der Waals surface area contributed by atoms with Crippen LogP contribution in [0.5, 0.6) is 17.2 Å². The Bertz CT molecular complexity index is 939. The maximum absolute atomic E-state index is 11.9. The molecule has 0 saturated carbocycles. The van der Waals surface area contributed by atoms with E-state index >= 15 is 0 Å². The first-order chi connectivity index (χ1) is 14.9. The summed E-state index contributed by atoms with van der Waals surface area (Å²) in [5.41, 5.74) is 3.38. The van der Waals surface area contributed by atoms with Crippen LogP contribution in [-0.2, 0) is 14.3 Å². The van der Waals surface area contributed by atoms with Crippen molar-refractivity contribution >= 4 is 24.1 Å². The number of esters is 2. The summed E-state index contributed by atoms with van der Waals surface area (Å²) in [4.78, 5) is 34.7. The van der Waals surface area contributed by atoms with E-state index < -0.39 is 17.8 Å². The van der Waals surface area contributed by atoms with E-state index in [2.05, 4.69) is 10.5 Å². The first kappa shape index (κ1) is 23.4. The van der Waals surface area contributed by atoms with Crippen LogP contribution in [0.4, 0.5) is 0 Å². The number of hydrogen-bond acceptors (Lipinski definition) is 8. The number of rotatable bonds is 10. The molecule has 0 radical (unpaired) electrons. The largest absolute Gasteiger partial charge is 0.493 e. The van der Waals surface area contributed by atoms with Gasteiger partial charge in [-0.3, -0.25) is 9.59 Å². The quantitative estimate of drug-likeness (QED) is 0.268. The average molecular weight is 428 g/mol. The first-order valence-corrected chi connectivity index (χ1v) is 9.51. The van der Waals surface area contributed by atoms with Gasteiger partial charge in [0.1, 0.15) is 5.75 Å². The van der Waals surface area contributed by atoms with Crippen molar-refractivity contribution in [1.82, 2.24) is 5.43 Å². The Balaban J connectivity index is 1.83.